The fraction of sp³-hybridized carbons (Fsp3) is 0.500. The third-order valence-electron chi connectivity index (χ3n) is 3.12. The maximum Gasteiger partial charge on any atom is 0.181 e. The Hall–Kier alpha value is -0.870. The smallest absolute Gasteiger partial charge is 0.181 e. The SMILES string of the molecule is CNCCCC1Cc2ccccc2S1(=O)=O. The normalized spacial score (nSPS) is 21.9. The lowest BCUT2D eigenvalue weighted by molar-refractivity contribution is 0.570. The molecule has 1 aromatic rings. The summed E-state index contributed by atoms with van der Waals surface area (Å²) < 4.78 is 24.3. The van der Waals surface area contributed by atoms with Crippen molar-refractivity contribution in [1.29, 1.82) is 0 Å². The Morgan fingerprint density at radius 1 is 1.38 bits per heavy atom. The molecule has 3 nitrogen and oxygen atoms in total. The van der Waals surface area contributed by atoms with E-state index in [9.17, 15) is 8.42 Å². The van der Waals surface area contributed by atoms with Crippen LogP contribution in [0.3, 0.4) is 0 Å². The van der Waals surface area contributed by atoms with Crippen molar-refractivity contribution >= 4 is 9.84 Å². The highest BCUT2D eigenvalue weighted by molar-refractivity contribution is 7.92. The number of hydrogen-bond donors (Lipinski definition) is 1. The summed E-state index contributed by atoms with van der Waals surface area (Å²) in [5, 5.41) is 2.84. The van der Waals surface area contributed by atoms with Crippen LogP contribution in [0.2, 0.25) is 0 Å². The first-order chi connectivity index (χ1) is 7.66. The lowest BCUT2D eigenvalue weighted by Crippen LogP contribution is -2.19. The van der Waals surface area contributed by atoms with Crippen molar-refractivity contribution in [3.8, 4) is 0 Å². The van der Waals surface area contributed by atoms with Gasteiger partial charge in [-0.25, -0.2) is 8.42 Å². The van der Waals surface area contributed by atoms with Crippen molar-refractivity contribution in [2.45, 2.75) is 29.4 Å². The monoisotopic (exact) mass is 239 g/mol. The van der Waals surface area contributed by atoms with Crippen LogP contribution >= 0.6 is 0 Å². The quantitative estimate of drug-likeness (QED) is 0.808. The van der Waals surface area contributed by atoms with E-state index in [1.165, 1.54) is 0 Å². The Bertz CT molecular complexity index is 468. The minimum Gasteiger partial charge on any atom is -0.320 e. The molecule has 1 aliphatic rings. The summed E-state index contributed by atoms with van der Waals surface area (Å²) in [6, 6.07) is 7.35. The molecule has 16 heavy (non-hydrogen) atoms. The van der Waals surface area contributed by atoms with E-state index in [-0.39, 0.29) is 5.25 Å². The minimum absolute atomic E-state index is 0.210. The predicted octanol–water partition coefficient (Wildman–Crippen LogP) is 1.38. The van der Waals surface area contributed by atoms with Crippen LogP contribution in [-0.4, -0.2) is 27.3 Å². The van der Waals surface area contributed by atoms with Crippen LogP contribution in [0.15, 0.2) is 29.2 Å². The molecule has 1 unspecified atom stereocenters. The number of hydrogen-bond acceptors (Lipinski definition) is 3. The van der Waals surface area contributed by atoms with E-state index in [1.807, 2.05) is 19.2 Å². The fourth-order valence-electron chi connectivity index (χ4n) is 2.25. The molecule has 1 N–H and O–H groups in total. The maximum atomic E-state index is 12.2. The fourth-order valence-corrected chi connectivity index (χ4v) is 4.27. The van der Waals surface area contributed by atoms with Crippen molar-refractivity contribution in [2.24, 2.45) is 0 Å². The lowest BCUT2D eigenvalue weighted by Gasteiger charge is -2.08. The van der Waals surface area contributed by atoms with Gasteiger partial charge in [0.25, 0.3) is 0 Å². The molecule has 4 heteroatoms. The van der Waals surface area contributed by atoms with Gasteiger partial charge in [-0.2, -0.15) is 0 Å². The van der Waals surface area contributed by atoms with Crippen LogP contribution in [-0.2, 0) is 16.3 Å². The summed E-state index contributed by atoms with van der Waals surface area (Å²) in [5.41, 5.74) is 0.983. The molecular weight excluding hydrogens is 222 g/mol. The highest BCUT2D eigenvalue weighted by Gasteiger charge is 2.35. The second-order valence-corrected chi connectivity index (χ2v) is 6.42. The van der Waals surface area contributed by atoms with Crippen molar-refractivity contribution in [2.75, 3.05) is 13.6 Å². The first-order valence-corrected chi connectivity index (χ1v) is 7.17. The molecular formula is C12H17NO2S. The Balaban J connectivity index is 2.17. The standard InChI is InChI=1S/C12H17NO2S/c1-13-8-4-6-11-9-10-5-2-3-7-12(10)16(11,14)15/h2-3,5,7,11,13H,4,6,8-9H2,1H3. The summed E-state index contributed by atoms with van der Waals surface area (Å²) in [4.78, 5) is 0.546. The predicted molar refractivity (Wildman–Crippen MR) is 64.3 cm³/mol. The molecule has 0 bridgehead atoms. The van der Waals surface area contributed by atoms with Gasteiger partial charge in [0.1, 0.15) is 0 Å². The summed E-state index contributed by atoms with van der Waals surface area (Å²) >= 11 is 0. The molecule has 0 fully saturated rings. The van der Waals surface area contributed by atoms with Gasteiger partial charge < -0.3 is 5.32 Å². The molecule has 1 heterocycles. The van der Waals surface area contributed by atoms with Gasteiger partial charge >= 0.3 is 0 Å². The Labute approximate surface area is 96.8 Å². The van der Waals surface area contributed by atoms with Crippen LogP contribution in [0.25, 0.3) is 0 Å². The van der Waals surface area contributed by atoms with Gasteiger partial charge in [0.2, 0.25) is 0 Å². The molecule has 1 aliphatic heterocycles. The number of sulfone groups is 1. The van der Waals surface area contributed by atoms with Gasteiger partial charge in [0, 0.05) is 0 Å². The largest absolute Gasteiger partial charge is 0.320 e. The van der Waals surface area contributed by atoms with E-state index in [0.717, 1.165) is 24.9 Å². The molecule has 0 aromatic heterocycles. The molecule has 0 saturated carbocycles. The maximum absolute atomic E-state index is 12.2. The van der Waals surface area contributed by atoms with E-state index < -0.39 is 9.84 Å². The Morgan fingerprint density at radius 2 is 2.12 bits per heavy atom. The van der Waals surface area contributed by atoms with Gasteiger partial charge in [0.05, 0.1) is 10.1 Å². The number of fused-ring (bicyclic) bond motifs is 1. The zero-order chi connectivity index (χ0) is 11.6. The van der Waals surface area contributed by atoms with Gasteiger partial charge in [0.15, 0.2) is 9.84 Å². The average Bonchev–Trinajstić information content (AvgIpc) is 2.52. The van der Waals surface area contributed by atoms with E-state index in [1.54, 1.807) is 12.1 Å². The summed E-state index contributed by atoms with van der Waals surface area (Å²) in [5.74, 6) is 0. The first-order valence-electron chi connectivity index (χ1n) is 5.62. The van der Waals surface area contributed by atoms with Crippen molar-refractivity contribution in [1.82, 2.24) is 5.32 Å². The first kappa shape index (κ1) is 11.6. The minimum atomic E-state index is -3.05. The third kappa shape index (κ3) is 1.99. The molecule has 1 atom stereocenters. The highest BCUT2D eigenvalue weighted by atomic mass is 32.2. The van der Waals surface area contributed by atoms with Crippen LogP contribution in [0.5, 0.6) is 0 Å². The molecule has 0 radical (unpaired) electrons. The summed E-state index contributed by atoms with van der Waals surface area (Å²) in [6.07, 6.45) is 2.34. The summed E-state index contributed by atoms with van der Waals surface area (Å²) in [6.45, 7) is 0.877. The van der Waals surface area contributed by atoms with Crippen molar-refractivity contribution in [3.05, 3.63) is 29.8 Å². The van der Waals surface area contributed by atoms with E-state index in [2.05, 4.69) is 5.32 Å². The molecule has 88 valence electrons. The molecule has 0 saturated heterocycles. The molecule has 0 amide bonds. The summed E-state index contributed by atoms with van der Waals surface area (Å²) in [7, 11) is -1.17. The zero-order valence-electron chi connectivity index (χ0n) is 9.44. The van der Waals surface area contributed by atoms with E-state index >= 15 is 0 Å². The second-order valence-electron chi connectivity index (χ2n) is 4.22. The van der Waals surface area contributed by atoms with Crippen LogP contribution in [0.1, 0.15) is 18.4 Å². The average molecular weight is 239 g/mol. The highest BCUT2D eigenvalue weighted by Crippen LogP contribution is 2.32. The Kier molecular flexibility index (Phi) is 3.30. The second kappa shape index (κ2) is 4.55. The molecule has 1 aromatic carbocycles. The molecule has 0 aliphatic carbocycles. The van der Waals surface area contributed by atoms with Gasteiger partial charge in [-0.1, -0.05) is 18.2 Å². The lowest BCUT2D eigenvalue weighted by atomic mass is 10.1. The zero-order valence-corrected chi connectivity index (χ0v) is 10.3. The number of nitrogens with one attached hydrogen (secondary N) is 1. The van der Waals surface area contributed by atoms with Crippen molar-refractivity contribution < 1.29 is 8.42 Å². The third-order valence-corrected chi connectivity index (χ3v) is 5.41. The molecule has 0 spiro atoms. The van der Waals surface area contributed by atoms with Crippen LogP contribution < -0.4 is 5.32 Å². The van der Waals surface area contributed by atoms with Gasteiger partial charge in [-0.05, 0) is 44.5 Å². The van der Waals surface area contributed by atoms with E-state index in [4.69, 9.17) is 0 Å². The van der Waals surface area contributed by atoms with Gasteiger partial charge in [-0.3, -0.25) is 0 Å². The number of rotatable bonds is 4. The van der Waals surface area contributed by atoms with E-state index in [0.29, 0.717) is 11.3 Å². The van der Waals surface area contributed by atoms with Crippen LogP contribution in [0, 0.1) is 0 Å². The molecule has 2 rings (SSSR count). The number of benzene rings is 1. The topological polar surface area (TPSA) is 46.2 Å². The van der Waals surface area contributed by atoms with Crippen molar-refractivity contribution in [3.63, 3.8) is 0 Å². The Morgan fingerprint density at radius 3 is 2.81 bits per heavy atom. The van der Waals surface area contributed by atoms with Crippen LogP contribution in [0.4, 0.5) is 0 Å². The van der Waals surface area contributed by atoms with Gasteiger partial charge in [-0.15, -0.1) is 0 Å².